The van der Waals surface area contributed by atoms with Crippen LogP contribution in [0.25, 0.3) is 0 Å². The minimum absolute atomic E-state index is 0.449. The average Bonchev–Trinajstić information content (AvgIpc) is 2.90. The Morgan fingerprint density at radius 3 is 2.68 bits per heavy atom. The Bertz CT molecular complexity index is 571. The Balaban J connectivity index is 2.69. The molecule has 0 bridgehead atoms. The van der Waals surface area contributed by atoms with Gasteiger partial charge in [-0.2, -0.15) is 0 Å². The summed E-state index contributed by atoms with van der Waals surface area (Å²) in [4.78, 5) is 12.1. The number of thioether (sulfide) groups is 1. The first-order valence-electron chi connectivity index (χ1n) is 5.73. The smallest absolute Gasteiger partial charge is 0.250 e. The van der Waals surface area contributed by atoms with Gasteiger partial charge >= 0.3 is 0 Å². The second kappa shape index (κ2) is 5.40. The van der Waals surface area contributed by atoms with E-state index in [2.05, 4.69) is 21.8 Å². The van der Waals surface area contributed by atoms with Crippen molar-refractivity contribution in [3.8, 4) is 0 Å². The van der Waals surface area contributed by atoms with Crippen LogP contribution in [0.5, 0.6) is 0 Å². The molecule has 2 aromatic rings. The number of primary amides is 1. The maximum Gasteiger partial charge on any atom is 0.250 e. The molecule has 1 amide bonds. The fourth-order valence-electron chi connectivity index (χ4n) is 2.12. The topological polar surface area (TPSA) is 86.7 Å². The van der Waals surface area contributed by atoms with Crippen LogP contribution in [0.15, 0.2) is 35.5 Å². The molecule has 2 N–H and O–H groups in total. The molecule has 99 valence electrons. The lowest BCUT2D eigenvalue weighted by atomic mass is 9.86. The number of tetrazole rings is 1. The standard InChI is InChI=1S/C12H14N5OS/c1-3-12(10(13)18,9-7-5-4-6-8-9)17-11(19-2)14-15-16-17/h4-8H,2-3H2,1H3,(H2,13,18). The van der Waals surface area contributed by atoms with Crippen LogP contribution in [0.4, 0.5) is 0 Å². The van der Waals surface area contributed by atoms with E-state index in [1.807, 2.05) is 37.3 Å². The van der Waals surface area contributed by atoms with Gasteiger partial charge in [0.25, 0.3) is 0 Å². The molecule has 0 aliphatic rings. The highest BCUT2D eigenvalue weighted by molar-refractivity contribution is 8.00. The molecule has 1 heterocycles. The van der Waals surface area contributed by atoms with Gasteiger partial charge in [0, 0.05) is 6.26 Å². The van der Waals surface area contributed by atoms with Crippen molar-refractivity contribution in [2.45, 2.75) is 24.0 Å². The molecule has 6 nitrogen and oxygen atoms in total. The summed E-state index contributed by atoms with van der Waals surface area (Å²) in [6.07, 6.45) is 4.14. The van der Waals surface area contributed by atoms with Crippen LogP contribution in [0.1, 0.15) is 18.9 Å². The van der Waals surface area contributed by atoms with Crippen LogP contribution in [-0.4, -0.2) is 26.1 Å². The summed E-state index contributed by atoms with van der Waals surface area (Å²) in [5.41, 5.74) is 5.31. The maximum atomic E-state index is 12.1. The van der Waals surface area contributed by atoms with E-state index in [0.29, 0.717) is 11.6 Å². The van der Waals surface area contributed by atoms with Crippen LogP contribution < -0.4 is 5.73 Å². The van der Waals surface area contributed by atoms with Gasteiger partial charge in [0.15, 0.2) is 5.54 Å². The summed E-state index contributed by atoms with van der Waals surface area (Å²) in [5.74, 6) is -0.496. The van der Waals surface area contributed by atoms with Gasteiger partial charge in [-0.25, -0.2) is 4.68 Å². The van der Waals surface area contributed by atoms with Gasteiger partial charge in [0.1, 0.15) is 0 Å². The van der Waals surface area contributed by atoms with Crippen molar-refractivity contribution in [2.24, 2.45) is 5.73 Å². The normalized spacial score (nSPS) is 14.0. The lowest BCUT2D eigenvalue weighted by Gasteiger charge is -2.30. The lowest BCUT2D eigenvalue weighted by Crippen LogP contribution is -2.48. The van der Waals surface area contributed by atoms with Gasteiger partial charge < -0.3 is 5.73 Å². The molecule has 0 saturated heterocycles. The Labute approximate surface area is 115 Å². The Morgan fingerprint density at radius 2 is 2.16 bits per heavy atom. The Hall–Kier alpha value is -1.89. The molecule has 1 aromatic carbocycles. The van der Waals surface area contributed by atoms with Gasteiger partial charge in [-0.05, 0) is 22.4 Å². The van der Waals surface area contributed by atoms with Crippen LogP contribution >= 0.6 is 11.8 Å². The van der Waals surface area contributed by atoms with E-state index < -0.39 is 11.4 Å². The van der Waals surface area contributed by atoms with Crippen molar-refractivity contribution < 1.29 is 4.79 Å². The van der Waals surface area contributed by atoms with E-state index in [0.717, 1.165) is 17.3 Å². The first-order chi connectivity index (χ1) is 9.16. The van der Waals surface area contributed by atoms with Crippen LogP contribution in [0.2, 0.25) is 0 Å². The molecule has 1 aromatic heterocycles. The van der Waals surface area contributed by atoms with Crippen molar-refractivity contribution in [3.05, 3.63) is 42.2 Å². The Kier molecular flexibility index (Phi) is 3.84. The zero-order valence-corrected chi connectivity index (χ0v) is 11.3. The summed E-state index contributed by atoms with van der Waals surface area (Å²) in [6, 6.07) is 9.26. The second-order valence-corrected chi connectivity index (χ2v) is 4.62. The van der Waals surface area contributed by atoms with E-state index in [-0.39, 0.29) is 0 Å². The Morgan fingerprint density at radius 1 is 1.47 bits per heavy atom. The van der Waals surface area contributed by atoms with Crippen molar-refractivity contribution >= 4 is 17.7 Å². The van der Waals surface area contributed by atoms with Crippen LogP contribution in [0.3, 0.4) is 0 Å². The number of hydrogen-bond acceptors (Lipinski definition) is 5. The summed E-state index contributed by atoms with van der Waals surface area (Å²) in [6.45, 7) is 1.87. The molecule has 0 spiro atoms. The number of benzene rings is 1. The molecule has 1 atom stereocenters. The average molecular weight is 276 g/mol. The van der Waals surface area contributed by atoms with Crippen molar-refractivity contribution in [1.29, 1.82) is 0 Å². The SMILES string of the molecule is [CH2]Sc1nnnn1C(CC)(C(N)=O)c1ccccc1. The predicted octanol–water partition coefficient (Wildman–Crippen LogP) is 1.20. The minimum Gasteiger partial charge on any atom is -0.367 e. The quantitative estimate of drug-likeness (QED) is 0.829. The zero-order valence-electron chi connectivity index (χ0n) is 10.5. The second-order valence-electron chi connectivity index (χ2n) is 3.96. The van der Waals surface area contributed by atoms with Gasteiger partial charge in [-0.1, -0.05) is 49.0 Å². The van der Waals surface area contributed by atoms with Crippen molar-refractivity contribution in [2.75, 3.05) is 0 Å². The fraction of sp³-hybridized carbons (Fsp3) is 0.250. The molecule has 19 heavy (non-hydrogen) atoms. The third-order valence-corrected chi connectivity index (χ3v) is 3.61. The largest absolute Gasteiger partial charge is 0.367 e. The van der Waals surface area contributed by atoms with Crippen LogP contribution in [-0.2, 0) is 10.3 Å². The summed E-state index contributed by atoms with van der Waals surface area (Å²) < 4.78 is 1.45. The molecule has 0 aliphatic carbocycles. The lowest BCUT2D eigenvalue weighted by molar-refractivity contribution is -0.125. The molecule has 0 aliphatic heterocycles. The van der Waals surface area contributed by atoms with Crippen molar-refractivity contribution in [3.63, 3.8) is 0 Å². The molecule has 1 unspecified atom stereocenters. The van der Waals surface area contributed by atoms with E-state index in [1.165, 1.54) is 4.68 Å². The number of nitrogens with zero attached hydrogens (tertiary/aromatic N) is 4. The monoisotopic (exact) mass is 276 g/mol. The highest BCUT2D eigenvalue weighted by Gasteiger charge is 2.42. The van der Waals surface area contributed by atoms with E-state index in [1.54, 1.807) is 0 Å². The summed E-state index contributed by atoms with van der Waals surface area (Å²) >= 11 is 1.13. The third-order valence-electron chi connectivity index (χ3n) is 3.10. The summed E-state index contributed by atoms with van der Waals surface area (Å²) in [5, 5.41) is 11.8. The minimum atomic E-state index is -1.09. The first kappa shape index (κ1) is 13.5. The van der Waals surface area contributed by atoms with Gasteiger partial charge in [0.05, 0.1) is 0 Å². The van der Waals surface area contributed by atoms with Crippen molar-refractivity contribution in [1.82, 2.24) is 20.2 Å². The van der Waals surface area contributed by atoms with E-state index >= 15 is 0 Å². The van der Waals surface area contributed by atoms with E-state index in [4.69, 9.17) is 5.73 Å². The third kappa shape index (κ3) is 2.10. The number of rotatable bonds is 5. The molecule has 2 rings (SSSR count). The number of carbonyl (C=O) groups is 1. The predicted molar refractivity (Wildman–Crippen MR) is 72.0 cm³/mol. The molecule has 0 saturated carbocycles. The van der Waals surface area contributed by atoms with Gasteiger partial charge in [-0.15, -0.1) is 5.10 Å². The number of aromatic nitrogens is 4. The number of amides is 1. The number of hydrogen-bond donors (Lipinski definition) is 1. The highest BCUT2D eigenvalue weighted by Crippen LogP contribution is 2.32. The first-order valence-corrected chi connectivity index (χ1v) is 6.71. The highest BCUT2D eigenvalue weighted by atomic mass is 32.2. The maximum absolute atomic E-state index is 12.1. The summed E-state index contributed by atoms with van der Waals surface area (Å²) in [7, 11) is 0. The fourth-order valence-corrected chi connectivity index (χ4v) is 2.53. The molecule has 7 heteroatoms. The molecule has 1 radical (unpaired) electrons. The molecular formula is C12H14N5OS. The number of nitrogens with two attached hydrogens (primary N) is 1. The molecule has 0 fully saturated rings. The van der Waals surface area contributed by atoms with E-state index in [9.17, 15) is 4.79 Å². The van der Waals surface area contributed by atoms with Crippen LogP contribution in [0, 0.1) is 6.26 Å². The number of carbonyl (C=O) groups excluding carboxylic acids is 1. The molecular weight excluding hydrogens is 262 g/mol. The van der Waals surface area contributed by atoms with Gasteiger partial charge in [0.2, 0.25) is 11.1 Å². The zero-order chi connectivity index (χ0) is 13.9. The van der Waals surface area contributed by atoms with Gasteiger partial charge in [-0.3, -0.25) is 4.79 Å².